The molecule has 0 amide bonds. The first-order valence-electron chi connectivity index (χ1n) is 6.75. The molecule has 7 nitrogen and oxygen atoms in total. The average molecular weight is 309 g/mol. The van der Waals surface area contributed by atoms with E-state index in [9.17, 15) is 8.42 Å². The van der Waals surface area contributed by atoms with Crippen molar-refractivity contribution in [2.75, 3.05) is 12.3 Å². The molecule has 21 heavy (non-hydrogen) atoms. The Hall–Kier alpha value is -1.93. The van der Waals surface area contributed by atoms with E-state index in [4.69, 9.17) is 5.73 Å². The van der Waals surface area contributed by atoms with Gasteiger partial charge in [-0.1, -0.05) is 18.2 Å². The number of hydrogen-bond acceptors (Lipinski definition) is 5. The van der Waals surface area contributed by atoms with Gasteiger partial charge in [0.15, 0.2) is 0 Å². The second-order valence-corrected chi connectivity index (χ2v) is 6.37. The van der Waals surface area contributed by atoms with E-state index in [1.165, 1.54) is 6.07 Å². The van der Waals surface area contributed by atoms with Gasteiger partial charge in [0.05, 0.1) is 11.1 Å². The van der Waals surface area contributed by atoms with E-state index < -0.39 is 10.0 Å². The molecule has 3 N–H and O–H groups in total. The topological polar surface area (TPSA) is 103 Å². The number of nitrogens with two attached hydrogens (primary N) is 1. The third-order valence-corrected chi connectivity index (χ3v) is 4.63. The summed E-state index contributed by atoms with van der Waals surface area (Å²) in [6.07, 6.45) is 4.59. The van der Waals surface area contributed by atoms with Gasteiger partial charge in [0, 0.05) is 25.0 Å². The fraction of sp³-hybridized carbons (Fsp3) is 0.385. The van der Waals surface area contributed by atoms with E-state index in [0.717, 1.165) is 5.56 Å². The summed E-state index contributed by atoms with van der Waals surface area (Å²) >= 11 is 0. The lowest BCUT2D eigenvalue weighted by atomic mass is 10.1. The molecule has 1 heterocycles. The van der Waals surface area contributed by atoms with Crippen LogP contribution in [0.1, 0.15) is 18.9 Å². The average Bonchev–Trinajstić information content (AvgIpc) is 2.97. The Morgan fingerprint density at radius 3 is 2.86 bits per heavy atom. The number of anilines is 1. The number of benzene rings is 1. The van der Waals surface area contributed by atoms with Crippen molar-refractivity contribution in [1.82, 2.24) is 19.7 Å². The molecule has 0 spiro atoms. The third kappa shape index (κ3) is 4.02. The summed E-state index contributed by atoms with van der Waals surface area (Å²) in [6.45, 7) is 2.86. The standard InChI is InChI=1S/C13H19N5O2S/c1-2-11-4-5-12(14)10-13(11)21(19,20)16-6-3-8-18-9-7-15-17-18/h4-5,7,9-10,16H,2-3,6,8,14H2,1H3. The number of nitrogen functional groups attached to an aromatic ring is 1. The monoisotopic (exact) mass is 309 g/mol. The predicted molar refractivity (Wildman–Crippen MR) is 80.1 cm³/mol. The maximum Gasteiger partial charge on any atom is 0.240 e. The predicted octanol–water partition coefficient (Wildman–Crippen LogP) is 0.791. The molecule has 0 bridgehead atoms. The van der Waals surface area contributed by atoms with E-state index in [2.05, 4.69) is 15.0 Å². The van der Waals surface area contributed by atoms with Crippen LogP contribution in [-0.4, -0.2) is 30.0 Å². The smallest absolute Gasteiger partial charge is 0.240 e. The van der Waals surface area contributed by atoms with Crippen molar-refractivity contribution >= 4 is 15.7 Å². The number of nitrogens with one attached hydrogen (secondary N) is 1. The Morgan fingerprint density at radius 1 is 1.38 bits per heavy atom. The zero-order chi connectivity index (χ0) is 15.3. The van der Waals surface area contributed by atoms with Crippen molar-refractivity contribution in [2.24, 2.45) is 0 Å². The minimum atomic E-state index is -3.54. The summed E-state index contributed by atoms with van der Waals surface area (Å²) in [5.74, 6) is 0. The fourth-order valence-electron chi connectivity index (χ4n) is 1.99. The molecule has 0 aliphatic rings. The zero-order valence-corrected chi connectivity index (χ0v) is 12.7. The molecule has 0 unspecified atom stereocenters. The van der Waals surface area contributed by atoms with Crippen LogP contribution in [-0.2, 0) is 23.0 Å². The number of aromatic nitrogens is 3. The highest BCUT2D eigenvalue weighted by molar-refractivity contribution is 7.89. The van der Waals surface area contributed by atoms with Gasteiger partial charge in [-0.25, -0.2) is 13.1 Å². The lowest BCUT2D eigenvalue weighted by Gasteiger charge is -2.11. The number of rotatable bonds is 7. The molecular weight excluding hydrogens is 290 g/mol. The first-order chi connectivity index (χ1) is 10.0. The van der Waals surface area contributed by atoms with Crippen LogP contribution < -0.4 is 10.5 Å². The van der Waals surface area contributed by atoms with Crippen molar-refractivity contribution in [2.45, 2.75) is 31.2 Å². The highest BCUT2D eigenvalue weighted by Crippen LogP contribution is 2.19. The molecule has 0 saturated carbocycles. The van der Waals surface area contributed by atoms with Gasteiger partial charge in [0.2, 0.25) is 10.0 Å². The van der Waals surface area contributed by atoms with Crippen LogP contribution in [0.25, 0.3) is 0 Å². The van der Waals surface area contributed by atoms with Crippen LogP contribution in [0.15, 0.2) is 35.5 Å². The van der Waals surface area contributed by atoms with Crippen molar-refractivity contribution in [3.63, 3.8) is 0 Å². The van der Waals surface area contributed by atoms with E-state index in [0.29, 0.717) is 31.6 Å². The first kappa shape index (κ1) is 15.5. The summed E-state index contributed by atoms with van der Waals surface area (Å²) in [7, 11) is -3.54. The zero-order valence-electron chi connectivity index (χ0n) is 11.9. The van der Waals surface area contributed by atoms with Gasteiger partial charge in [0.25, 0.3) is 0 Å². The molecule has 0 fully saturated rings. The molecule has 8 heteroatoms. The lowest BCUT2D eigenvalue weighted by Crippen LogP contribution is -2.26. The van der Waals surface area contributed by atoms with E-state index >= 15 is 0 Å². The second kappa shape index (κ2) is 6.68. The molecule has 0 saturated heterocycles. The minimum Gasteiger partial charge on any atom is -0.399 e. The Balaban J connectivity index is 1.99. The molecule has 2 rings (SSSR count). The minimum absolute atomic E-state index is 0.255. The van der Waals surface area contributed by atoms with Crippen molar-refractivity contribution in [3.8, 4) is 0 Å². The SMILES string of the molecule is CCc1ccc(N)cc1S(=O)(=O)NCCCn1ccnn1. The number of nitrogens with zero attached hydrogens (tertiary/aromatic N) is 3. The highest BCUT2D eigenvalue weighted by atomic mass is 32.2. The summed E-state index contributed by atoms with van der Waals surface area (Å²) in [6, 6.07) is 4.96. The van der Waals surface area contributed by atoms with Crippen molar-refractivity contribution in [1.29, 1.82) is 0 Å². The number of hydrogen-bond donors (Lipinski definition) is 2. The highest BCUT2D eigenvalue weighted by Gasteiger charge is 2.17. The van der Waals surface area contributed by atoms with Gasteiger partial charge < -0.3 is 5.73 Å². The van der Waals surface area contributed by atoms with Crippen LogP contribution in [0, 0.1) is 0 Å². The molecular formula is C13H19N5O2S. The van der Waals surface area contributed by atoms with Crippen LogP contribution in [0.2, 0.25) is 0 Å². The number of aryl methyl sites for hydroxylation is 2. The summed E-state index contributed by atoms with van der Waals surface area (Å²) in [5, 5.41) is 7.51. The van der Waals surface area contributed by atoms with Gasteiger partial charge in [-0.15, -0.1) is 5.10 Å². The molecule has 0 atom stereocenters. The quantitative estimate of drug-likeness (QED) is 0.581. The van der Waals surface area contributed by atoms with E-state index in [1.54, 1.807) is 29.2 Å². The third-order valence-electron chi connectivity index (χ3n) is 3.09. The summed E-state index contributed by atoms with van der Waals surface area (Å²) in [4.78, 5) is 0.255. The maximum absolute atomic E-state index is 12.3. The van der Waals surface area contributed by atoms with Crippen LogP contribution in [0.5, 0.6) is 0 Å². The lowest BCUT2D eigenvalue weighted by molar-refractivity contribution is 0.542. The normalized spacial score (nSPS) is 11.7. The van der Waals surface area contributed by atoms with E-state index in [1.807, 2.05) is 6.92 Å². The van der Waals surface area contributed by atoms with Gasteiger partial charge >= 0.3 is 0 Å². The Kier molecular flexibility index (Phi) is 4.92. The van der Waals surface area contributed by atoms with Gasteiger partial charge in [-0.2, -0.15) is 0 Å². The molecule has 0 aliphatic carbocycles. The molecule has 1 aromatic heterocycles. The molecule has 114 valence electrons. The molecule has 2 aromatic rings. The molecule has 1 aromatic carbocycles. The van der Waals surface area contributed by atoms with Crippen LogP contribution in [0.3, 0.4) is 0 Å². The van der Waals surface area contributed by atoms with Crippen molar-refractivity contribution in [3.05, 3.63) is 36.2 Å². The second-order valence-electron chi connectivity index (χ2n) is 4.64. The first-order valence-corrected chi connectivity index (χ1v) is 8.23. The number of sulfonamides is 1. The van der Waals surface area contributed by atoms with Crippen LogP contribution >= 0.6 is 0 Å². The largest absolute Gasteiger partial charge is 0.399 e. The van der Waals surface area contributed by atoms with E-state index in [-0.39, 0.29) is 4.90 Å². The molecule has 0 aliphatic heterocycles. The summed E-state index contributed by atoms with van der Waals surface area (Å²) < 4.78 is 28.9. The van der Waals surface area contributed by atoms with Gasteiger partial charge in [0.1, 0.15) is 0 Å². The van der Waals surface area contributed by atoms with Gasteiger partial charge in [-0.05, 0) is 30.5 Å². The maximum atomic E-state index is 12.3. The Labute approximate surface area is 124 Å². The van der Waals surface area contributed by atoms with Crippen LogP contribution in [0.4, 0.5) is 5.69 Å². The Bertz CT molecular complexity index is 683. The summed E-state index contributed by atoms with van der Waals surface area (Å²) in [5.41, 5.74) is 6.88. The van der Waals surface area contributed by atoms with Crippen molar-refractivity contribution < 1.29 is 8.42 Å². The van der Waals surface area contributed by atoms with Gasteiger partial charge in [-0.3, -0.25) is 4.68 Å². The molecule has 0 radical (unpaired) electrons. The Morgan fingerprint density at radius 2 is 2.19 bits per heavy atom. The fourth-order valence-corrected chi connectivity index (χ4v) is 3.41.